The lowest BCUT2D eigenvalue weighted by atomic mass is 10.0. The van der Waals surface area contributed by atoms with Gasteiger partial charge in [0.05, 0.1) is 20.1 Å². The summed E-state index contributed by atoms with van der Waals surface area (Å²) in [7, 11) is 1.28. The molecule has 0 radical (unpaired) electrons. The van der Waals surface area contributed by atoms with Crippen LogP contribution in [0.5, 0.6) is 5.88 Å². The third-order valence-corrected chi connectivity index (χ3v) is 5.33. The van der Waals surface area contributed by atoms with Gasteiger partial charge in [0, 0.05) is 18.2 Å². The molecule has 0 unspecified atom stereocenters. The number of fused-ring (bicyclic) bond motifs is 3. The molecular weight excluding hydrogens is 423 g/mol. The van der Waals surface area contributed by atoms with Crippen molar-refractivity contribution < 1.29 is 23.5 Å². The summed E-state index contributed by atoms with van der Waals surface area (Å²) in [5, 5.41) is 2.70. The molecule has 6 nitrogen and oxygen atoms in total. The van der Waals surface area contributed by atoms with E-state index in [0.717, 1.165) is 33.4 Å². The molecule has 1 amide bonds. The van der Waals surface area contributed by atoms with Gasteiger partial charge in [-0.15, -0.1) is 0 Å². The molecule has 0 aliphatic heterocycles. The fraction of sp³-hybridized carbons (Fsp3) is 0.192. The first-order valence-corrected chi connectivity index (χ1v) is 10.6. The number of carbonyl (C=O) groups excluding carboxylic acids is 2. The Balaban J connectivity index is 1.49. The first kappa shape index (κ1) is 22.2. The molecule has 0 bridgehead atoms. The zero-order valence-electron chi connectivity index (χ0n) is 18.1. The molecule has 1 N–H and O–H groups in total. The molecule has 0 saturated heterocycles. The van der Waals surface area contributed by atoms with Crippen LogP contribution in [0.3, 0.4) is 0 Å². The van der Waals surface area contributed by atoms with Gasteiger partial charge >= 0.3 is 5.97 Å². The van der Waals surface area contributed by atoms with Crippen LogP contribution >= 0.6 is 0 Å². The molecule has 1 aliphatic rings. The Hall–Kier alpha value is -4.00. The second-order valence-electron chi connectivity index (χ2n) is 7.47. The molecular formula is C26H23FN2O4. The first-order valence-electron chi connectivity index (χ1n) is 10.6. The molecule has 3 aromatic rings. The molecule has 0 atom stereocenters. The van der Waals surface area contributed by atoms with Crippen LogP contribution in [0.4, 0.5) is 4.39 Å². The third kappa shape index (κ3) is 5.09. The summed E-state index contributed by atoms with van der Waals surface area (Å²) in [5.74, 6) is -0.565. The van der Waals surface area contributed by atoms with E-state index in [4.69, 9.17) is 4.74 Å². The molecule has 7 heteroatoms. The van der Waals surface area contributed by atoms with Gasteiger partial charge in [-0.05, 0) is 58.2 Å². The summed E-state index contributed by atoms with van der Waals surface area (Å²) in [6, 6.07) is 16.5. The maximum absolute atomic E-state index is 14.0. The summed E-state index contributed by atoms with van der Waals surface area (Å²) in [5.41, 5.74) is 5.53. The molecule has 0 saturated carbocycles. The quantitative estimate of drug-likeness (QED) is 0.324. The number of halogens is 1. The van der Waals surface area contributed by atoms with Crippen molar-refractivity contribution in [1.29, 1.82) is 0 Å². The molecule has 1 aromatic heterocycles. The van der Waals surface area contributed by atoms with E-state index in [0.29, 0.717) is 5.88 Å². The lowest BCUT2D eigenvalue weighted by molar-refractivity contribution is -0.142. The fourth-order valence-corrected chi connectivity index (χ4v) is 3.76. The fourth-order valence-electron chi connectivity index (χ4n) is 3.76. The van der Waals surface area contributed by atoms with E-state index in [1.807, 2.05) is 36.4 Å². The maximum atomic E-state index is 14.0. The summed E-state index contributed by atoms with van der Waals surface area (Å²) >= 11 is 0. The minimum Gasteiger partial charge on any atom is -0.475 e. The van der Waals surface area contributed by atoms with E-state index in [1.54, 1.807) is 24.4 Å². The van der Waals surface area contributed by atoms with Crippen LogP contribution < -0.4 is 10.1 Å². The molecule has 168 valence electrons. The van der Waals surface area contributed by atoms with E-state index in [9.17, 15) is 14.0 Å². The van der Waals surface area contributed by atoms with Crippen LogP contribution in [0.25, 0.3) is 22.8 Å². The van der Waals surface area contributed by atoms with Crippen molar-refractivity contribution in [2.75, 3.05) is 20.3 Å². The second-order valence-corrected chi connectivity index (χ2v) is 7.47. The highest BCUT2D eigenvalue weighted by Gasteiger charge is 2.24. The van der Waals surface area contributed by atoms with Crippen molar-refractivity contribution in [1.82, 2.24) is 10.3 Å². The SMILES string of the molecule is COC(=O)CCC(=O)NCCOc1ncccc1C=C1c2ccccc2-c2ccc(F)cc21. The van der Waals surface area contributed by atoms with E-state index in [-0.39, 0.29) is 37.7 Å². The summed E-state index contributed by atoms with van der Waals surface area (Å²) in [6.07, 6.45) is 3.66. The van der Waals surface area contributed by atoms with E-state index in [1.165, 1.54) is 13.2 Å². The molecule has 0 spiro atoms. The van der Waals surface area contributed by atoms with Crippen molar-refractivity contribution in [3.63, 3.8) is 0 Å². The first-order chi connectivity index (χ1) is 16.1. The Labute approximate surface area is 191 Å². The summed E-state index contributed by atoms with van der Waals surface area (Å²) in [6.45, 7) is 0.475. The van der Waals surface area contributed by atoms with Gasteiger partial charge < -0.3 is 14.8 Å². The van der Waals surface area contributed by atoms with Gasteiger partial charge in [-0.2, -0.15) is 0 Å². The smallest absolute Gasteiger partial charge is 0.306 e. The van der Waals surface area contributed by atoms with Crippen LogP contribution in [0, 0.1) is 5.82 Å². The summed E-state index contributed by atoms with van der Waals surface area (Å²) < 4.78 is 24.4. The average molecular weight is 446 g/mol. The highest BCUT2D eigenvalue weighted by molar-refractivity contribution is 6.06. The largest absolute Gasteiger partial charge is 0.475 e. The standard InChI is InChI=1S/C26H23FN2O4/c1-32-25(31)11-10-24(30)28-13-14-33-26-17(5-4-12-29-26)15-22-20-7-3-2-6-19(20)21-9-8-18(27)16-23(21)22/h2-9,12,15-16H,10-11,13-14H2,1H3,(H,28,30). The van der Waals surface area contributed by atoms with Crippen molar-refractivity contribution in [3.05, 3.63) is 83.3 Å². The maximum Gasteiger partial charge on any atom is 0.306 e. The third-order valence-electron chi connectivity index (χ3n) is 5.33. The number of hydrogen-bond donors (Lipinski definition) is 1. The molecule has 2 aromatic carbocycles. The Morgan fingerprint density at radius 1 is 1.00 bits per heavy atom. The minimum atomic E-state index is -0.428. The Morgan fingerprint density at radius 2 is 1.79 bits per heavy atom. The van der Waals surface area contributed by atoms with Gasteiger partial charge in [0.2, 0.25) is 11.8 Å². The molecule has 4 rings (SSSR count). The van der Waals surface area contributed by atoms with Gasteiger partial charge in [0.15, 0.2) is 0 Å². The number of pyridine rings is 1. The Morgan fingerprint density at radius 3 is 2.61 bits per heavy atom. The van der Waals surface area contributed by atoms with Crippen molar-refractivity contribution >= 4 is 23.5 Å². The van der Waals surface area contributed by atoms with Crippen LogP contribution in [0.15, 0.2) is 60.8 Å². The van der Waals surface area contributed by atoms with Gasteiger partial charge in [0.1, 0.15) is 12.4 Å². The van der Waals surface area contributed by atoms with Crippen LogP contribution in [0.2, 0.25) is 0 Å². The number of rotatable bonds is 8. The van der Waals surface area contributed by atoms with Gasteiger partial charge in [-0.3, -0.25) is 9.59 Å². The summed E-state index contributed by atoms with van der Waals surface area (Å²) in [4.78, 5) is 27.2. The Bertz CT molecular complexity index is 1220. The number of hydrogen-bond acceptors (Lipinski definition) is 5. The number of nitrogens with zero attached hydrogens (tertiary/aromatic N) is 1. The number of ether oxygens (including phenoxy) is 2. The highest BCUT2D eigenvalue weighted by atomic mass is 19.1. The van der Waals surface area contributed by atoms with Crippen LogP contribution in [0.1, 0.15) is 29.5 Å². The monoisotopic (exact) mass is 446 g/mol. The number of methoxy groups -OCH3 is 1. The number of nitrogens with one attached hydrogen (secondary N) is 1. The lowest BCUT2D eigenvalue weighted by Crippen LogP contribution is -2.28. The predicted octanol–water partition coefficient (Wildman–Crippen LogP) is 4.24. The Kier molecular flexibility index (Phi) is 6.78. The minimum absolute atomic E-state index is 0.0324. The molecule has 33 heavy (non-hydrogen) atoms. The van der Waals surface area contributed by atoms with Crippen molar-refractivity contribution in [2.24, 2.45) is 0 Å². The van der Waals surface area contributed by atoms with E-state index < -0.39 is 5.97 Å². The molecule has 1 aliphatic carbocycles. The number of aromatic nitrogens is 1. The van der Waals surface area contributed by atoms with Crippen molar-refractivity contribution in [2.45, 2.75) is 12.8 Å². The average Bonchev–Trinajstić information content (AvgIpc) is 3.14. The van der Waals surface area contributed by atoms with E-state index in [2.05, 4.69) is 15.0 Å². The number of amides is 1. The van der Waals surface area contributed by atoms with Crippen molar-refractivity contribution in [3.8, 4) is 17.0 Å². The van der Waals surface area contributed by atoms with Crippen LogP contribution in [-0.2, 0) is 14.3 Å². The highest BCUT2D eigenvalue weighted by Crippen LogP contribution is 2.45. The van der Waals surface area contributed by atoms with Crippen LogP contribution in [-0.4, -0.2) is 37.1 Å². The van der Waals surface area contributed by atoms with Gasteiger partial charge in [-0.25, -0.2) is 9.37 Å². The number of esters is 1. The number of carbonyl (C=O) groups is 2. The molecule has 1 heterocycles. The predicted molar refractivity (Wildman–Crippen MR) is 123 cm³/mol. The van der Waals surface area contributed by atoms with E-state index >= 15 is 0 Å². The zero-order chi connectivity index (χ0) is 23.2. The number of benzene rings is 2. The normalized spacial score (nSPS) is 12.7. The van der Waals surface area contributed by atoms with Gasteiger partial charge in [0.25, 0.3) is 0 Å². The topological polar surface area (TPSA) is 77.5 Å². The second kappa shape index (κ2) is 10.1. The molecule has 0 fully saturated rings. The zero-order valence-corrected chi connectivity index (χ0v) is 18.1. The van der Waals surface area contributed by atoms with Gasteiger partial charge in [-0.1, -0.05) is 30.3 Å². The lowest BCUT2D eigenvalue weighted by Gasteiger charge is -2.10.